The first-order chi connectivity index (χ1) is 11.3. The first kappa shape index (κ1) is 23.5. The molecule has 0 aromatic heterocycles. The van der Waals surface area contributed by atoms with E-state index in [1.807, 2.05) is 0 Å². The zero-order chi connectivity index (χ0) is 18.6. The van der Waals surface area contributed by atoms with E-state index >= 15 is 0 Å². The Balaban J connectivity index is 4.53. The highest BCUT2D eigenvalue weighted by Gasteiger charge is 2.20. The van der Waals surface area contributed by atoms with Crippen LogP contribution in [-0.2, 0) is 18.7 Å². The van der Waals surface area contributed by atoms with Gasteiger partial charge in [-0.25, -0.2) is 5.09 Å². The van der Waals surface area contributed by atoms with Crippen molar-refractivity contribution in [1.29, 1.82) is 0 Å². The molecule has 0 aliphatic carbocycles. The summed E-state index contributed by atoms with van der Waals surface area (Å²) in [7, 11) is 0.348. The van der Waals surface area contributed by atoms with Gasteiger partial charge in [-0.3, -0.25) is 14.2 Å². The van der Waals surface area contributed by atoms with Crippen LogP contribution in [0.5, 0.6) is 0 Å². The molecule has 24 heavy (non-hydrogen) atoms. The van der Waals surface area contributed by atoms with Gasteiger partial charge in [-0.15, -0.1) is 11.8 Å². The molecule has 7 nitrogen and oxygen atoms in total. The second-order valence-corrected chi connectivity index (χ2v) is 8.24. The maximum Gasteiger partial charge on any atom is 0.293 e. The number of hydrogen-bond acceptors (Lipinski definition) is 7. The normalized spacial score (nSPS) is 16.7. The monoisotopic (exact) mass is 379 g/mol. The minimum Gasteiger partial charge on any atom is -0.315 e. The van der Waals surface area contributed by atoms with Gasteiger partial charge in [0.05, 0.1) is 18.7 Å². The fraction of sp³-hybridized carbons (Fsp3) is 0.733. The lowest BCUT2D eigenvalue weighted by molar-refractivity contribution is -0.119. The summed E-state index contributed by atoms with van der Waals surface area (Å²) in [5.41, 5.74) is 0. The van der Waals surface area contributed by atoms with Gasteiger partial charge in [-0.1, -0.05) is 0 Å². The quantitative estimate of drug-likeness (QED) is 0.393. The van der Waals surface area contributed by atoms with E-state index in [9.17, 15) is 14.2 Å². The Morgan fingerprint density at radius 3 is 2.21 bits per heavy atom. The van der Waals surface area contributed by atoms with Gasteiger partial charge in [0.15, 0.2) is 0 Å². The number of rotatable bonds is 14. The molecule has 140 valence electrons. The molecule has 0 aliphatic heterocycles. The first-order valence-corrected chi connectivity index (χ1v) is 10.7. The Bertz CT molecular complexity index is 474. The predicted molar refractivity (Wildman–Crippen MR) is 101 cm³/mol. The van der Waals surface area contributed by atoms with Crippen molar-refractivity contribution in [2.75, 3.05) is 33.0 Å². The summed E-state index contributed by atoms with van der Waals surface area (Å²) in [5, 5.41) is 10.4. The van der Waals surface area contributed by atoms with Gasteiger partial charge in [0.1, 0.15) is 11.6 Å². The van der Waals surface area contributed by atoms with E-state index in [4.69, 9.17) is 4.52 Å². The Labute approximate surface area is 149 Å². The lowest BCUT2D eigenvalue weighted by atomic mass is 10.1. The lowest BCUT2D eigenvalue weighted by Gasteiger charge is -2.18. The number of Topliss-reactive ketones (excluding diaryl/α,β-unsaturated/α-hetero) is 2. The molecule has 9 heteroatoms. The zero-order valence-electron chi connectivity index (χ0n) is 15.1. The fourth-order valence-electron chi connectivity index (χ4n) is 1.93. The molecule has 1 unspecified atom stereocenters. The molecule has 0 fully saturated rings. The average Bonchev–Trinajstić information content (AvgIpc) is 2.51. The lowest BCUT2D eigenvalue weighted by Crippen LogP contribution is -2.35. The first-order valence-electron chi connectivity index (χ1n) is 7.93. The van der Waals surface area contributed by atoms with Crippen molar-refractivity contribution in [3.05, 3.63) is 11.2 Å². The van der Waals surface area contributed by atoms with Crippen LogP contribution in [0.2, 0.25) is 0 Å². The summed E-state index contributed by atoms with van der Waals surface area (Å²) < 4.78 is 18.0. The number of carbonyl (C=O) groups is 2. The van der Waals surface area contributed by atoms with Crippen molar-refractivity contribution >= 4 is 30.8 Å². The highest BCUT2D eigenvalue weighted by molar-refractivity contribution is 8.02. The molecule has 0 aliphatic rings. The van der Waals surface area contributed by atoms with Gasteiger partial charge in [0.25, 0.3) is 7.52 Å². The molecule has 0 heterocycles. The Morgan fingerprint density at radius 1 is 1.17 bits per heavy atom. The average molecular weight is 379 g/mol. The van der Waals surface area contributed by atoms with Crippen LogP contribution in [0.15, 0.2) is 11.2 Å². The maximum atomic E-state index is 12.7. The molecule has 0 amide bonds. The predicted octanol–water partition coefficient (Wildman–Crippen LogP) is 1.75. The molecule has 0 spiro atoms. The Kier molecular flexibility index (Phi) is 12.5. The van der Waals surface area contributed by atoms with E-state index < -0.39 is 7.52 Å². The molecule has 3 atom stereocenters. The summed E-state index contributed by atoms with van der Waals surface area (Å²) in [6.45, 7) is 5.53. The summed E-state index contributed by atoms with van der Waals surface area (Å²) in [4.78, 5) is 22.7. The van der Waals surface area contributed by atoms with Crippen molar-refractivity contribution in [2.24, 2.45) is 0 Å². The number of ketones is 2. The molecule has 0 bridgehead atoms. The summed E-state index contributed by atoms with van der Waals surface area (Å²) >= 11 is 1.39. The van der Waals surface area contributed by atoms with Gasteiger partial charge in [0.2, 0.25) is 0 Å². The molecular weight excluding hydrogens is 349 g/mol. The number of hydrogen-bond donors (Lipinski definition) is 3. The second-order valence-electron chi connectivity index (χ2n) is 5.23. The van der Waals surface area contributed by atoms with E-state index in [1.165, 1.54) is 31.4 Å². The topological polar surface area (TPSA) is 96.5 Å². The summed E-state index contributed by atoms with van der Waals surface area (Å²) in [6.07, 6.45) is 0.524. The largest absolute Gasteiger partial charge is 0.315 e. The van der Waals surface area contributed by atoms with Crippen LogP contribution in [0.4, 0.5) is 0 Å². The molecule has 0 rings (SSSR count). The van der Waals surface area contributed by atoms with Gasteiger partial charge in [-0.05, 0) is 46.7 Å². The SMILES string of the molecule is CCOP(=O)(/C=C\SC[C@H](NC)C(C)=O)NCC[C@H](NC)C(C)=O. The molecule has 0 radical (unpaired) electrons. The van der Waals surface area contributed by atoms with Crippen LogP contribution in [-0.4, -0.2) is 56.7 Å². The highest BCUT2D eigenvalue weighted by Crippen LogP contribution is 2.44. The van der Waals surface area contributed by atoms with Crippen LogP contribution >= 0.6 is 19.3 Å². The molecule has 0 aromatic rings. The second kappa shape index (κ2) is 12.8. The van der Waals surface area contributed by atoms with Gasteiger partial charge >= 0.3 is 0 Å². The minimum absolute atomic E-state index is 0.0407. The zero-order valence-corrected chi connectivity index (χ0v) is 16.8. The summed E-state index contributed by atoms with van der Waals surface area (Å²) in [6, 6.07) is -0.496. The van der Waals surface area contributed by atoms with Crippen LogP contribution in [0.1, 0.15) is 27.2 Å². The van der Waals surface area contributed by atoms with Gasteiger partial charge in [-0.2, -0.15) is 0 Å². The van der Waals surface area contributed by atoms with Crippen molar-refractivity contribution in [2.45, 2.75) is 39.3 Å². The molecule has 0 saturated heterocycles. The van der Waals surface area contributed by atoms with E-state index in [2.05, 4.69) is 15.7 Å². The van der Waals surface area contributed by atoms with Crippen LogP contribution in [0.25, 0.3) is 0 Å². The molecule has 0 saturated carbocycles. The minimum atomic E-state index is -3.10. The van der Waals surface area contributed by atoms with E-state index in [0.29, 0.717) is 25.3 Å². The number of likely N-dealkylation sites (N-methyl/N-ethyl adjacent to an activating group) is 2. The smallest absolute Gasteiger partial charge is 0.293 e. The standard InChI is InChI=1S/C15H30N3O4PS/c1-6-22-23(21,18-8-7-14(16-4)12(2)19)9-10-24-11-15(17-5)13(3)20/h9-10,14-17H,6-8,11H2,1-5H3,(H,18,21)/b10-9-/t14-,15-,23?/m0/s1. The highest BCUT2D eigenvalue weighted by atomic mass is 32.2. The third kappa shape index (κ3) is 9.71. The molecular formula is C15H30N3O4PS. The molecule has 0 aromatic carbocycles. The number of thioether (sulfide) groups is 1. The summed E-state index contributed by atoms with van der Waals surface area (Å²) in [5.74, 6) is 2.17. The van der Waals surface area contributed by atoms with E-state index in [1.54, 1.807) is 26.4 Å². The third-order valence-electron chi connectivity index (χ3n) is 3.38. The Hall–Kier alpha value is -0.500. The maximum absolute atomic E-state index is 12.7. The fourth-order valence-corrected chi connectivity index (χ4v) is 4.72. The molecule has 3 N–H and O–H groups in total. The third-order valence-corrected chi connectivity index (χ3v) is 6.28. The van der Waals surface area contributed by atoms with Crippen LogP contribution in [0.3, 0.4) is 0 Å². The number of nitrogens with one attached hydrogen (secondary N) is 3. The van der Waals surface area contributed by atoms with E-state index in [0.717, 1.165) is 0 Å². The van der Waals surface area contributed by atoms with Crippen molar-refractivity contribution < 1.29 is 18.7 Å². The van der Waals surface area contributed by atoms with Crippen LogP contribution < -0.4 is 15.7 Å². The van der Waals surface area contributed by atoms with E-state index in [-0.39, 0.29) is 23.7 Å². The van der Waals surface area contributed by atoms with Crippen molar-refractivity contribution in [3.63, 3.8) is 0 Å². The van der Waals surface area contributed by atoms with Gasteiger partial charge < -0.3 is 15.2 Å². The van der Waals surface area contributed by atoms with Crippen LogP contribution in [0, 0.1) is 0 Å². The van der Waals surface area contributed by atoms with Gasteiger partial charge in [0, 0.05) is 18.1 Å². The van der Waals surface area contributed by atoms with Crippen molar-refractivity contribution in [3.8, 4) is 0 Å². The number of carbonyl (C=O) groups excluding carboxylic acids is 2. The Morgan fingerprint density at radius 2 is 1.75 bits per heavy atom. The van der Waals surface area contributed by atoms with Crippen molar-refractivity contribution in [1.82, 2.24) is 15.7 Å².